The van der Waals surface area contributed by atoms with E-state index < -0.39 is 0 Å². The molecule has 158 valence electrons. The molecule has 2 N–H and O–H groups in total. The second-order valence-corrected chi connectivity index (χ2v) is 6.97. The number of hydrazone groups is 1. The zero-order valence-corrected chi connectivity index (χ0v) is 17.3. The average Bonchev–Trinajstić information content (AvgIpc) is 3.35. The third-order valence-corrected chi connectivity index (χ3v) is 4.72. The van der Waals surface area contributed by atoms with E-state index in [4.69, 9.17) is 11.6 Å². The highest BCUT2D eigenvalue weighted by atomic mass is 35.5. The molecule has 0 atom stereocenters. The molecule has 0 aliphatic carbocycles. The van der Waals surface area contributed by atoms with E-state index in [0.717, 1.165) is 5.69 Å². The molecule has 9 nitrogen and oxygen atoms in total. The molecule has 4 aromatic rings. The third-order valence-electron chi connectivity index (χ3n) is 4.39. The molecule has 0 aliphatic rings. The van der Waals surface area contributed by atoms with Gasteiger partial charge in [-0.05, 0) is 64.5 Å². The van der Waals surface area contributed by atoms with E-state index in [2.05, 4.69) is 31.4 Å². The molecule has 0 fully saturated rings. The van der Waals surface area contributed by atoms with Gasteiger partial charge in [-0.2, -0.15) is 5.10 Å². The first-order chi connectivity index (χ1) is 15.6. The molecule has 0 bridgehead atoms. The smallest absolute Gasteiger partial charge is 0.271 e. The zero-order valence-electron chi connectivity index (χ0n) is 16.5. The number of aromatic nitrogens is 4. The van der Waals surface area contributed by atoms with Crippen LogP contribution in [0, 0.1) is 0 Å². The van der Waals surface area contributed by atoms with Crippen LogP contribution in [-0.4, -0.2) is 38.2 Å². The summed E-state index contributed by atoms with van der Waals surface area (Å²) >= 11 is 6.07. The number of tetrazole rings is 1. The first kappa shape index (κ1) is 20.9. The first-order valence-electron chi connectivity index (χ1n) is 9.43. The van der Waals surface area contributed by atoms with Gasteiger partial charge in [-0.15, -0.1) is 5.10 Å². The normalized spacial score (nSPS) is 10.8. The molecule has 0 saturated carbocycles. The van der Waals surface area contributed by atoms with Crippen molar-refractivity contribution in [3.8, 4) is 5.69 Å². The molecule has 3 aromatic carbocycles. The molecule has 1 aromatic heterocycles. The summed E-state index contributed by atoms with van der Waals surface area (Å²) in [5, 5.41) is 18.1. The van der Waals surface area contributed by atoms with Crippen molar-refractivity contribution in [2.24, 2.45) is 5.10 Å². The Kier molecular flexibility index (Phi) is 6.28. The number of nitrogens with one attached hydrogen (secondary N) is 2. The van der Waals surface area contributed by atoms with Crippen LogP contribution < -0.4 is 10.7 Å². The van der Waals surface area contributed by atoms with Crippen molar-refractivity contribution in [2.75, 3.05) is 5.32 Å². The van der Waals surface area contributed by atoms with E-state index in [0.29, 0.717) is 27.4 Å². The molecule has 4 rings (SSSR count). The van der Waals surface area contributed by atoms with Crippen LogP contribution in [0.1, 0.15) is 26.3 Å². The fraction of sp³-hybridized carbons (Fsp3) is 0. The Hall–Kier alpha value is -4.37. The number of hydrogen-bond donors (Lipinski definition) is 2. The summed E-state index contributed by atoms with van der Waals surface area (Å²) < 4.78 is 1.48. The van der Waals surface area contributed by atoms with Gasteiger partial charge in [-0.25, -0.2) is 10.1 Å². The van der Waals surface area contributed by atoms with Crippen molar-refractivity contribution in [2.45, 2.75) is 0 Å². The van der Waals surface area contributed by atoms with E-state index >= 15 is 0 Å². The summed E-state index contributed by atoms with van der Waals surface area (Å²) in [4.78, 5) is 24.7. The lowest BCUT2D eigenvalue weighted by Gasteiger charge is -2.07. The van der Waals surface area contributed by atoms with E-state index in [1.165, 1.54) is 17.2 Å². The quantitative estimate of drug-likeness (QED) is 0.349. The molecule has 10 heteroatoms. The molecular formula is C22H16ClN7O2. The highest BCUT2D eigenvalue weighted by molar-refractivity contribution is 6.34. The van der Waals surface area contributed by atoms with Gasteiger partial charge in [-0.3, -0.25) is 9.59 Å². The molecule has 0 radical (unpaired) electrons. The fourth-order valence-corrected chi connectivity index (χ4v) is 3.04. The van der Waals surface area contributed by atoms with Gasteiger partial charge < -0.3 is 5.32 Å². The van der Waals surface area contributed by atoms with Crippen molar-refractivity contribution in [3.05, 3.63) is 101 Å². The fourth-order valence-electron chi connectivity index (χ4n) is 2.82. The SMILES string of the molecule is O=C(N/N=C/c1cccc(NC(=O)c2ccccc2Cl)c1)c1ccc(-n2cnnn2)cc1. The van der Waals surface area contributed by atoms with Gasteiger partial charge in [0, 0.05) is 11.3 Å². The summed E-state index contributed by atoms with van der Waals surface area (Å²) in [5.41, 5.74) is 5.28. The van der Waals surface area contributed by atoms with E-state index in [1.807, 2.05) is 0 Å². The summed E-state index contributed by atoms with van der Waals surface area (Å²) in [7, 11) is 0. The van der Waals surface area contributed by atoms with Crippen molar-refractivity contribution in [3.63, 3.8) is 0 Å². The molecular weight excluding hydrogens is 430 g/mol. The minimum Gasteiger partial charge on any atom is -0.322 e. The Morgan fingerprint density at radius 3 is 2.53 bits per heavy atom. The highest BCUT2D eigenvalue weighted by Crippen LogP contribution is 2.17. The number of anilines is 1. The standard InChI is InChI=1S/C22H16ClN7O2/c23-20-7-2-1-6-19(20)22(32)26-17-5-3-4-15(12-17)13-24-27-21(31)16-8-10-18(11-9-16)30-14-25-28-29-30/h1-14H,(H,26,32)(H,27,31)/b24-13+. The lowest BCUT2D eigenvalue weighted by atomic mass is 10.2. The van der Waals surface area contributed by atoms with Crippen LogP contribution in [0.5, 0.6) is 0 Å². The predicted octanol–water partition coefficient (Wildman–Crippen LogP) is 3.33. The Morgan fingerprint density at radius 1 is 0.969 bits per heavy atom. The summed E-state index contributed by atoms with van der Waals surface area (Å²) in [6.07, 6.45) is 2.95. The highest BCUT2D eigenvalue weighted by Gasteiger charge is 2.10. The number of halogens is 1. The predicted molar refractivity (Wildman–Crippen MR) is 120 cm³/mol. The maximum Gasteiger partial charge on any atom is 0.271 e. The number of nitrogens with zero attached hydrogens (tertiary/aromatic N) is 5. The van der Waals surface area contributed by atoms with Crippen LogP contribution in [0.4, 0.5) is 5.69 Å². The van der Waals surface area contributed by atoms with Crippen LogP contribution in [-0.2, 0) is 0 Å². The van der Waals surface area contributed by atoms with Crippen LogP contribution >= 0.6 is 11.6 Å². The maximum absolute atomic E-state index is 12.4. The van der Waals surface area contributed by atoms with Crippen molar-refractivity contribution in [1.29, 1.82) is 0 Å². The Labute approximate surface area is 187 Å². The third kappa shape index (κ3) is 5.02. The Balaban J connectivity index is 1.37. The maximum atomic E-state index is 12.4. The number of rotatable bonds is 6. The van der Waals surface area contributed by atoms with Crippen LogP contribution in [0.2, 0.25) is 5.02 Å². The zero-order chi connectivity index (χ0) is 22.3. The molecule has 0 spiro atoms. The van der Waals surface area contributed by atoms with Gasteiger partial charge in [0.25, 0.3) is 11.8 Å². The number of hydrogen-bond acceptors (Lipinski definition) is 6. The van der Waals surface area contributed by atoms with E-state index in [-0.39, 0.29) is 11.8 Å². The van der Waals surface area contributed by atoms with Gasteiger partial charge >= 0.3 is 0 Å². The van der Waals surface area contributed by atoms with E-state index in [9.17, 15) is 9.59 Å². The summed E-state index contributed by atoms with van der Waals surface area (Å²) in [5.74, 6) is -0.684. The molecule has 32 heavy (non-hydrogen) atoms. The van der Waals surface area contributed by atoms with Crippen LogP contribution in [0.15, 0.2) is 84.2 Å². The molecule has 0 saturated heterocycles. The Bertz CT molecular complexity index is 1270. The second kappa shape index (κ2) is 9.63. The number of amides is 2. The van der Waals surface area contributed by atoms with Gasteiger partial charge in [0.05, 0.1) is 22.5 Å². The lowest BCUT2D eigenvalue weighted by molar-refractivity contribution is 0.0954. The van der Waals surface area contributed by atoms with E-state index in [1.54, 1.807) is 72.8 Å². The average molecular weight is 446 g/mol. The monoisotopic (exact) mass is 445 g/mol. The molecule has 0 unspecified atom stereocenters. The van der Waals surface area contributed by atoms with Crippen molar-refractivity contribution < 1.29 is 9.59 Å². The topological polar surface area (TPSA) is 114 Å². The summed E-state index contributed by atoms with van der Waals surface area (Å²) in [6, 6.07) is 20.6. The lowest BCUT2D eigenvalue weighted by Crippen LogP contribution is -2.17. The minimum atomic E-state index is -0.368. The molecule has 2 amide bonds. The molecule has 0 aliphatic heterocycles. The van der Waals surface area contributed by atoms with Crippen molar-refractivity contribution >= 4 is 35.3 Å². The first-order valence-corrected chi connectivity index (χ1v) is 9.81. The number of carbonyl (C=O) groups excluding carboxylic acids is 2. The number of carbonyl (C=O) groups is 2. The van der Waals surface area contributed by atoms with Gasteiger partial charge in [0.2, 0.25) is 0 Å². The van der Waals surface area contributed by atoms with Crippen LogP contribution in [0.25, 0.3) is 5.69 Å². The van der Waals surface area contributed by atoms with Gasteiger partial charge in [0.1, 0.15) is 6.33 Å². The molecule has 1 heterocycles. The second-order valence-electron chi connectivity index (χ2n) is 6.56. The van der Waals surface area contributed by atoms with Crippen molar-refractivity contribution in [1.82, 2.24) is 25.6 Å². The summed E-state index contributed by atoms with van der Waals surface area (Å²) in [6.45, 7) is 0. The Morgan fingerprint density at radius 2 is 1.78 bits per heavy atom. The van der Waals surface area contributed by atoms with Gasteiger partial charge in [-0.1, -0.05) is 35.9 Å². The number of benzene rings is 3. The largest absolute Gasteiger partial charge is 0.322 e. The van der Waals surface area contributed by atoms with Crippen LogP contribution in [0.3, 0.4) is 0 Å². The minimum absolute atomic E-state index is 0.317. The van der Waals surface area contributed by atoms with Gasteiger partial charge in [0.15, 0.2) is 0 Å².